The zero-order valence-electron chi connectivity index (χ0n) is 10.2. The summed E-state index contributed by atoms with van der Waals surface area (Å²) in [6.07, 6.45) is 2.24. The predicted molar refractivity (Wildman–Crippen MR) is 68.0 cm³/mol. The SMILES string of the molecule is CC(=Cc1cccc(C)c1)CNC(C)C. The van der Waals surface area contributed by atoms with Crippen molar-refractivity contribution >= 4 is 6.08 Å². The zero-order chi connectivity index (χ0) is 11.3. The molecule has 1 N–H and O–H groups in total. The quantitative estimate of drug-likeness (QED) is 0.791. The van der Waals surface area contributed by atoms with E-state index in [9.17, 15) is 0 Å². The highest BCUT2D eigenvalue weighted by Gasteiger charge is 1.94. The van der Waals surface area contributed by atoms with Gasteiger partial charge < -0.3 is 5.32 Å². The van der Waals surface area contributed by atoms with Crippen molar-refractivity contribution in [1.29, 1.82) is 0 Å². The molecule has 1 aromatic rings. The second kappa shape index (κ2) is 5.72. The molecule has 0 amide bonds. The summed E-state index contributed by atoms with van der Waals surface area (Å²) in [4.78, 5) is 0. The van der Waals surface area contributed by atoms with Gasteiger partial charge in [-0.15, -0.1) is 0 Å². The van der Waals surface area contributed by atoms with Crippen molar-refractivity contribution in [2.75, 3.05) is 6.54 Å². The molecule has 0 spiro atoms. The third-order valence-electron chi connectivity index (χ3n) is 2.24. The van der Waals surface area contributed by atoms with Gasteiger partial charge in [0, 0.05) is 12.6 Å². The minimum absolute atomic E-state index is 0.547. The largest absolute Gasteiger partial charge is 0.311 e. The molecular formula is C14H21N. The van der Waals surface area contributed by atoms with Crippen LogP contribution < -0.4 is 5.32 Å². The lowest BCUT2D eigenvalue weighted by atomic mass is 10.1. The van der Waals surface area contributed by atoms with Crippen LogP contribution in [0.3, 0.4) is 0 Å². The molecule has 0 aliphatic heterocycles. The maximum absolute atomic E-state index is 3.41. The Balaban J connectivity index is 2.62. The Hall–Kier alpha value is -1.08. The van der Waals surface area contributed by atoms with Gasteiger partial charge in [0.15, 0.2) is 0 Å². The number of rotatable bonds is 4. The number of aryl methyl sites for hydroxylation is 1. The van der Waals surface area contributed by atoms with E-state index in [1.165, 1.54) is 16.7 Å². The summed E-state index contributed by atoms with van der Waals surface area (Å²) < 4.78 is 0. The van der Waals surface area contributed by atoms with E-state index in [1.54, 1.807) is 0 Å². The minimum Gasteiger partial charge on any atom is -0.311 e. The maximum Gasteiger partial charge on any atom is 0.0167 e. The van der Waals surface area contributed by atoms with E-state index in [0.29, 0.717) is 6.04 Å². The number of hydrogen-bond donors (Lipinski definition) is 1. The molecule has 15 heavy (non-hydrogen) atoms. The van der Waals surface area contributed by atoms with Crippen molar-refractivity contribution in [1.82, 2.24) is 5.32 Å². The van der Waals surface area contributed by atoms with E-state index in [4.69, 9.17) is 0 Å². The van der Waals surface area contributed by atoms with Gasteiger partial charge in [0.25, 0.3) is 0 Å². The summed E-state index contributed by atoms with van der Waals surface area (Å²) in [6.45, 7) is 9.59. The standard InChI is InChI=1S/C14H21N/c1-11(2)15-10-13(4)9-14-7-5-6-12(3)8-14/h5-9,11,15H,10H2,1-4H3. The molecule has 1 nitrogen and oxygen atoms in total. The van der Waals surface area contributed by atoms with Crippen molar-refractivity contribution in [2.24, 2.45) is 0 Å². The third-order valence-corrected chi connectivity index (χ3v) is 2.24. The number of nitrogens with one attached hydrogen (secondary N) is 1. The van der Waals surface area contributed by atoms with Gasteiger partial charge in [-0.05, 0) is 19.4 Å². The lowest BCUT2D eigenvalue weighted by molar-refractivity contribution is 0.623. The summed E-state index contributed by atoms with van der Waals surface area (Å²) in [6, 6.07) is 9.12. The van der Waals surface area contributed by atoms with E-state index in [0.717, 1.165) is 6.54 Å². The Morgan fingerprint density at radius 2 is 2.13 bits per heavy atom. The first-order valence-corrected chi connectivity index (χ1v) is 5.55. The van der Waals surface area contributed by atoms with Crippen molar-refractivity contribution in [2.45, 2.75) is 33.7 Å². The fourth-order valence-electron chi connectivity index (χ4n) is 1.46. The molecule has 1 aromatic carbocycles. The average Bonchev–Trinajstić information content (AvgIpc) is 2.15. The molecule has 0 aliphatic carbocycles. The number of benzene rings is 1. The van der Waals surface area contributed by atoms with Crippen LogP contribution in [0.5, 0.6) is 0 Å². The summed E-state index contributed by atoms with van der Waals surface area (Å²) >= 11 is 0. The van der Waals surface area contributed by atoms with Crippen LogP contribution in [0.15, 0.2) is 29.8 Å². The molecule has 0 heterocycles. The first-order valence-electron chi connectivity index (χ1n) is 5.55. The second-order valence-corrected chi connectivity index (χ2v) is 4.44. The van der Waals surface area contributed by atoms with Crippen LogP contribution in [0.2, 0.25) is 0 Å². The van der Waals surface area contributed by atoms with Crippen LogP contribution in [-0.2, 0) is 0 Å². The highest BCUT2D eigenvalue weighted by atomic mass is 14.9. The Kier molecular flexibility index (Phi) is 4.57. The summed E-state index contributed by atoms with van der Waals surface area (Å²) in [5.74, 6) is 0. The molecule has 82 valence electrons. The van der Waals surface area contributed by atoms with Crippen LogP contribution in [0, 0.1) is 6.92 Å². The van der Waals surface area contributed by atoms with E-state index in [2.05, 4.69) is 63.4 Å². The molecule has 1 heteroatoms. The molecule has 0 atom stereocenters. The Labute approximate surface area is 93.2 Å². The van der Waals surface area contributed by atoms with Gasteiger partial charge in [-0.1, -0.05) is 55.3 Å². The Morgan fingerprint density at radius 1 is 1.40 bits per heavy atom. The van der Waals surface area contributed by atoms with E-state index < -0.39 is 0 Å². The zero-order valence-corrected chi connectivity index (χ0v) is 10.2. The van der Waals surface area contributed by atoms with E-state index in [-0.39, 0.29) is 0 Å². The fourth-order valence-corrected chi connectivity index (χ4v) is 1.46. The molecule has 0 aliphatic rings. The Morgan fingerprint density at radius 3 is 2.73 bits per heavy atom. The van der Waals surface area contributed by atoms with Crippen molar-refractivity contribution in [3.8, 4) is 0 Å². The molecule has 0 fully saturated rings. The van der Waals surface area contributed by atoms with Crippen molar-refractivity contribution < 1.29 is 0 Å². The molecule has 0 unspecified atom stereocenters. The highest BCUT2D eigenvalue weighted by Crippen LogP contribution is 2.08. The van der Waals surface area contributed by atoms with Crippen LogP contribution in [0.1, 0.15) is 31.9 Å². The highest BCUT2D eigenvalue weighted by molar-refractivity contribution is 5.53. The van der Waals surface area contributed by atoms with Crippen molar-refractivity contribution in [3.05, 3.63) is 41.0 Å². The Bertz CT molecular complexity index is 337. The van der Waals surface area contributed by atoms with Gasteiger partial charge >= 0.3 is 0 Å². The minimum atomic E-state index is 0.547. The monoisotopic (exact) mass is 203 g/mol. The van der Waals surface area contributed by atoms with Gasteiger partial charge in [-0.3, -0.25) is 0 Å². The van der Waals surface area contributed by atoms with Gasteiger partial charge in [0.2, 0.25) is 0 Å². The normalized spacial score (nSPS) is 12.2. The van der Waals surface area contributed by atoms with E-state index in [1.807, 2.05) is 0 Å². The third kappa shape index (κ3) is 4.80. The van der Waals surface area contributed by atoms with Gasteiger partial charge in [0.05, 0.1) is 0 Å². The van der Waals surface area contributed by atoms with Gasteiger partial charge in [-0.2, -0.15) is 0 Å². The lowest BCUT2D eigenvalue weighted by Crippen LogP contribution is -2.24. The smallest absolute Gasteiger partial charge is 0.0167 e. The second-order valence-electron chi connectivity index (χ2n) is 4.44. The van der Waals surface area contributed by atoms with Crippen molar-refractivity contribution in [3.63, 3.8) is 0 Å². The summed E-state index contributed by atoms with van der Waals surface area (Å²) in [5.41, 5.74) is 3.97. The summed E-state index contributed by atoms with van der Waals surface area (Å²) in [5, 5.41) is 3.41. The van der Waals surface area contributed by atoms with Crippen LogP contribution in [0.4, 0.5) is 0 Å². The molecule has 0 saturated carbocycles. The maximum atomic E-state index is 3.41. The molecule has 0 saturated heterocycles. The average molecular weight is 203 g/mol. The molecule has 0 radical (unpaired) electrons. The molecular weight excluding hydrogens is 182 g/mol. The number of hydrogen-bond acceptors (Lipinski definition) is 1. The van der Waals surface area contributed by atoms with Crippen LogP contribution in [0.25, 0.3) is 6.08 Å². The van der Waals surface area contributed by atoms with Gasteiger partial charge in [-0.25, -0.2) is 0 Å². The van der Waals surface area contributed by atoms with Crippen LogP contribution in [-0.4, -0.2) is 12.6 Å². The lowest BCUT2D eigenvalue weighted by Gasteiger charge is -2.08. The first-order chi connectivity index (χ1) is 7.08. The fraction of sp³-hybridized carbons (Fsp3) is 0.429. The topological polar surface area (TPSA) is 12.0 Å². The molecule has 0 aromatic heterocycles. The molecule has 0 bridgehead atoms. The molecule has 1 rings (SSSR count). The predicted octanol–water partition coefficient (Wildman–Crippen LogP) is 3.40. The first kappa shape index (κ1) is 12.0. The summed E-state index contributed by atoms with van der Waals surface area (Å²) in [7, 11) is 0. The van der Waals surface area contributed by atoms with Crippen LogP contribution >= 0.6 is 0 Å². The van der Waals surface area contributed by atoms with Gasteiger partial charge in [0.1, 0.15) is 0 Å². The van der Waals surface area contributed by atoms with E-state index >= 15 is 0 Å².